The van der Waals surface area contributed by atoms with Crippen molar-refractivity contribution in [1.29, 1.82) is 0 Å². The van der Waals surface area contributed by atoms with Crippen LogP contribution in [-0.4, -0.2) is 36.1 Å². The fourth-order valence-corrected chi connectivity index (χ4v) is 2.63. The van der Waals surface area contributed by atoms with Crippen LogP contribution in [-0.2, 0) is 0 Å². The maximum atomic E-state index is 3.64. The van der Waals surface area contributed by atoms with Gasteiger partial charge in [-0.3, -0.25) is 4.90 Å². The highest BCUT2D eigenvalue weighted by atomic mass is 15.2. The lowest BCUT2D eigenvalue weighted by molar-refractivity contribution is 0.222. The Labute approximate surface area is 95.4 Å². The Morgan fingerprint density at radius 3 is 2.40 bits per heavy atom. The van der Waals surface area contributed by atoms with Gasteiger partial charge in [-0.25, -0.2) is 0 Å². The van der Waals surface area contributed by atoms with E-state index in [2.05, 4.69) is 44.8 Å². The van der Waals surface area contributed by atoms with Crippen LogP contribution in [0.3, 0.4) is 0 Å². The lowest BCUT2D eigenvalue weighted by Gasteiger charge is -2.26. The van der Waals surface area contributed by atoms with Crippen molar-refractivity contribution in [2.75, 3.05) is 13.1 Å². The molecule has 1 aliphatic heterocycles. The van der Waals surface area contributed by atoms with Crippen LogP contribution in [0.25, 0.3) is 0 Å². The molecule has 1 rings (SSSR count). The van der Waals surface area contributed by atoms with E-state index < -0.39 is 0 Å². The average molecular weight is 212 g/mol. The Morgan fingerprint density at radius 1 is 1.20 bits per heavy atom. The highest BCUT2D eigenvalue weighted by molar-refractivity contribution is 4.84. The van der Waals surface area contributed by atoms with Gasteiger partial charge in [-0.15, -0.1) is 0 Å². The lowest BCUT2D eigenvalue weighted by Crippen LogP contribution is -2.39. The van der Waals surface area contributed by atoms with E-state index in [0.717, 1.165) is 18.0 Å². The van der Waals surface area contributed by atoms with Gasteiger partial charge in [0, 0.05) is 31.2 Å². The first-order chi connectivity index (χ1) is 6.99. The molecule has 0 aromatic carbocycles. The molecule has 0 aliphatic carbocycles. The van der Waals surface area contributed by atoms with Crippen molar-refractivity contribution in [1.82, 2.24) is 10.2 Å². The van der Waals surface area contributed by atoms with E-state index in [0.29, 0.717) is 6.04 Å². The van der Waals surface area contributed by atoms with Gasteiger partial charge in [0.25, 0.3) is 0 Å². The maximum absolute atomic E-state index is 3.64. The molecule has 2 atom stereocenters. The smallest absolute Gasteiger partial charge is 0.0209 e. The van der Waals surface area contributed by atoms with E-state index >= 15 is 0 Å². The van der Waals surface area contributed by atoms with E-state index in [-0.39, 0.29) is 0 Å². The first-order valence-electron chi connectivity index (χ1n) is 6.49. The fraction of sp³-hybridized carbons (Fsp3) is 1.00. The van der Waals surface area contributed by atoms with E-state index in [1.54, 1.807) is 0 Å². The summed E-state index contributed by atoms with van der Waals surface area (Å²) < 4.78 is 0. The molecule has 1 aliphatic rings. The van der Waals surface area contributed by atoms with Crippen molar-refractivity contribution < 1.29 is 0 Å². The summed E-state index contributed by atoms with van der Waals surface area (Å²) in [6.45, 7) is 14.0. The summed E-state index contributed by atoms with van der Waals surface area (Å²) in [4.78, 5) is 2.64. The van der Waals surface area contributed by atoms with Gasteiger partial charge in [-0.05, 0) is 25.7 Å². The van der Waals surface area contributed by atoms with Gasteiger partial charge in [0.1, 0.15) is 0 Å². The largest absolute Gasteiger partial charge is 0.310 e. The van der Waals surface area contributed by atoms with Crippen LogP contribution in [0.15, 0.2) is 0 Å². The molecule has 1 saturated heterocycles. The van der Waals surface area contributed by atoms with Crippen LogP contribution >= 0.6 is 0 Å². The van der Waals surface area contributed by atoms with Crippen molar-refractivity contribution in [2.45, 2.75) is 65.6 Å². The molecule has 1 fully saturated rings. The first kappa shape index (κ1) is 13.0. The van der Waals surface area contributed by atoms with Crippen LogP contribution in [0.5, 0.6) is 0 Å². The first-order valence-corrected chi connectivity index (χ1v) is 6.49. The minimum atomic E-state index is 0.621. The summed E-state index contributed by atoms with van der Waals surface area (Å²) in [5.41, 5.74) is 0. The summed E-state index contributed by atoms with van der Waals surface area (Å²) in [6.07, 6.45) is 2.65. The molecule has 0 saturated carbocycles. The monoisotopic (exact) mass is 212 g/mol. The summed E-state index contributed by atoms with van der Waals surface area (Å²) in [5.74, 6) is 0.817. The number of hydrogen-bond donors (Lipinski definition) is 1. The van der Waals surface area contributed by atoms with Crippen LogP contribution in [0.2, 0.25) is 0 Å². The number of nitrogens with zero attached hydrogens (tertiary/aromatic N) is 1. The molecule has 1 N–H and O–H groups in total. The standard InChI is InChI=1S/C13H28N2/c1-10(2)8-12(5)15-7-6-13(9-15)14-11(3)4/h10-14H,6-9H2,1-5H3. The zero-order valence-corrected chi connectivity index (χ0v) is 11.1. The predicted molar refractivity (Wildman–Crippen MR) is 67.2 cm³/mol. The van der Waals surface area contributed by atoms with E-state index in [4.69, 9.17) is 0 Å². The summed E-state index contributed by atoms with van der Waals surface area (Å²) in [7, 11) is 0. The molecular formula is C13H28N2. The van der Waals surface area contributed by atoms with Gasteiger partial charge in [0.05, 0.1) is 0 Å². The Kier molecular flexibility index (Phi) is 5.07. The van der Waals surface area contributed by atoms with Crippen LogP contribution in [0.4, 0.5) is 0 Å². The minimum absolute atomic E-state index is 0.621. The van der Waals surface area contributed by atoms with Crippen LogP contribution < -0.4 is 5.32 Å². The second-order valence-corrected chi connectivity index (χ2v) is 5.78. The number of nitrogens with one attached hydrogen (secondary N) is 1. The number of rotatable bonds is 5. The Bertz CT molecular complexity index is 177. The highest BCUT2D eigenvalue weighted by Crippen LogP contribution is 2.17. The Balaban J connectivity index is 2.29. The second kappa shape index (κ2) is 5.86. The molecule has 2 unspecified atom stereocenters. The molecule has 2 heteroatoms. The summed E-state index contributed by atoms with van der Waals surface area (Å²) >= 11 is 0. The molecule has 0 aromatic heterocycles. The number of hydrogen-bond acceptors (Lipinski definition) is 2. The topological polar surface area (TPSA) is 15.3 Å². The quantitative estimate of drug-likeness (QED) is 0.753. The highest BCUT2D eigenvalue weighted by Gasteiger charge is 2.26. The molecule has 2 nitrogen and oxygen atoms in total. The molecule has 0 bridgehead atoms. The van der Waals surface area contributed by atoms with Gasteiger partial charge in [-0.2, -0.15) is 0 Å². The zero-order valence-electron chi connectivity index (χ0n) is 11.1. The zero-order chi connectivity index (χ0) is 11.4. The molecule has 90 valence electrons. The molecule has 1 heterocycles. The predicted octanol–water partition coefficient (Wildman–Crippen LogP) is 2.49. The van der Waals surface area contributed by atoms with E-state index in [9.17, 15) is 0 Å². The summed E-state index contributed by atoms with van der Waals surface area (Å²) in [6, 6.07) is 2.10. The van der Waals surface area contributed by atoms with E-state index in [1.165, 1.54) is 25.9 Å². The van der Waals surface area contributed by atoms with Crippen molar-refractivity contribution in [3.8, 4) is 0 Å². The minimum Gasteiger partial charge on any atom is -0.310 e. The third-order valence-corrected chi connectivity index (χ3v) is 3.22. The van der Waals surface area contributed by atoms with Gasteiger partial charge in [0.2, 0.25) is 0 Å². The van der Waals surface area contributed by atoms with Gasteiger partial charge in [-0.1, -0.05) is 27.7 Å². The molecule has 15 heavy (non-hydrogen) atoms. The van der Waals surface area contributed by atoms with Crippen LogP contribution in [0.1, 0.15) is 47.5 Å². The van der Waals surface area contributed by atoms with Crippen molar-refractivity contribution >= 4 is 0 Å². The third kappa shape index (κ3) is 4.52. The van der Waals surface area contributed by atoms with Gasteiger partial charge in [0.15, 0.2) is 0 Å². The maximum Gasteiger partial charge on any atom is 0.0209 e. The normalized spacial score (nSPS) is 25.4. The third-order valence-electron chi connectivity index (χ3n) is 3.22. The molecule has 0 amide bonds. The SMILES string of the molecule is CC(C)CC(C)N1CCC(NC(C)C)C1. The van der Waals surface area contributed by atoms with Crippen LogP contribution in [0, 0.1) is 5.92 Å². The van der Waals surface area contributed by atoms with Crippen molar-refractivity contribution in [3.63, 3.8) is 0 Å². The van der Waals surface area contributed by atoms with E-state index in [1.807, 2.05) is 0 Å². The fourth-order valence-electron chi connectivity index (χ4n) is 2.63. The second-order valence-electron chi connectivity index (χ2n) is 5.78. The molecule has 0 aromatic rings. The summed E-state index contributed by atoms with van der Waals surface area (Å²) in [5, 5.41) is 3.64. The Hall–Kier alpha value is -0.0800. The number of likely N-dealkylation sites (tertiary alicyclic amines) is 1. The molecule has 0 spiro atoms. The van der Waals surface area contributed by atoms with Crippen molar-refractivity contribution in [2.24, 2.45) is 5.92 Å². The van der Waals surface area contributed by atoms with Gasteiger partial charge >= 0.3 is 0 Å². The lowest BCUT2D eigenvalue weighted by atomic mass is 10.0. The van der Waals surface area contributed by atoms with Gasteiger partial charge < -0.3 is 5.32 Å². The average Bonchev–Trinajstić information content (AvgIpc) is 2.50. The molecule has 0 radical (unpaired) electrons. The molecular weight excluding hydrogens is 184 g/mol. The Morgan fingerprint density at radius 2 is 1.87 bits per heavy atom. The van der Waals surface area contributed by atoms with Crippen molar-refractivity contribution in [3.05, 3.63) is 0 Å².